The summed E-state index contributed by atoms with van der Waals surface area (Å²) in [5, 5.41) is 12.3. The maximum atomic E-state index is 7.52. The topological polar surface area (TPSA) is 80.6 Å². The Bertz CT molecular complexity index is 568. The molecule has 0 saturated heterocycles. The molecule has 0 aromatic carbocycles. The van der Waals surface area contributed by atoms with Gasteiger partial charge in [-0.25, -0.2) is 9.67 Å². The predicted octanol–water partition coefficient (Wildman–Crippen LogP) is 1.82. The quantitative estimate of drug-likeness (QED) is 0.629. The van der Waals surface area contributed by atoms with Gasteiger partial charge in [0.25, 0.3) is 0 Å². The summed E-state index contributed by atoms with van der Waals surface area (Å²) in [6.45, 7) is 3.67. The van der Waals surface area contributed by atoms with Gasteiger partial charge in [0.1, 0.15) is 5.84 Å². The van der Waals surface area contributed by atoms with E-state index in [1.807, 2.05) is 13.8 Å². The molecule has 0 spiro atoms. The summed E-state index contributed by atoms with van der Waals surface area (Å²) in [4.78, 5) is 4.34. The number of nitrogens with two attached hydrogens (primary N) is 1. The number of hydrogen-bond acceptors (Lipinski definition) is 3. The van der Waals surface area contributed by atoms with Gasteiger partial charge in [-0.05, 0) is 26.0 Å². The molecule has 3 N–H and O–H groups in total. The van der Waals surface area contributed by atoms with Gasteiger partial charge in [-0.3, -0.25) is 5.41 Å². The van der Waals surface area contributed by atoms with E-state index in [2.05, 4.69) is 10.1 Å². The molecule has 0 unspecified atom stereocenters. The highest BCUT2D eigenvalue weighted by Crippen LogP contribution is 2.18. The van der Waals surface area contributed by atoms with Crippen LogP contribution in [0, 0.1) is 19.3 Å². The Morgan fingerprint density at radius 1 is 1.41 bits per heavy atom. The number of hydrogen-bond donors (Lipinski definition) is 2. The number of pyridine rings is 1. The first kappa shape index (κ1) is 11.6. The van der Waals surface area contributed by atoms with Crippen LogP contribution in [0.25, 0.3) is 5.82 Å². The minimum Gasteiger partial charge on any atom is -0.384 e. The van der Waals surface area contributed by atoms with Gasteiger partial charge < -0.3 is 5.73 Å². The highest BCUT2D eigenvalue weighted by atomic mass is 35.5. The Kier molecular flexibility index (Phi) is 2.85. The van der Waals surface area contributed by atoms with Gasteiger partial charge in [-0.2, -0.15) is 5.10 Å². The van der Waals surface area contributed by atoms with Crippen LogP contribution in [-0.2, 0) is 0 Å². The van der Waals surface area contributed by atoms with E-state index >= 15 is 0 Å². The van der Waals surface area contributed by atoms with E-state index in [-0.39, 0.29) is 5.84 Å². The molecule has 0 bridgehead atoms. The van der Waals surface area contributed by atoms with Crippen LogP contribution in [-0.4, -0.2) is 20.6 Å². The minimum atomic E-state index is -0.0447. The van der Waals surface area contributed by atoms with Crippen molar-refractivity contribution >= 4 is 17.4 Å². The van der Waals surface area contributed by atoms with E-state index in [1.165, 1.54) is 0 Å². The van der Waals surface area contributed by atoms with E-state index in [1.54, 1.807) is 23.0 Å². The van der Waals surface area contributed by atoms with E-state index in [0.717, 1.165) is 5.69 Å². The highest BCUT2D eigenvalue weighted by molar-refractivity contribution is 6.31. The maximum Gasteiger partial charge on any atom is 0.164 e. The third-order valence-electron chi connectivity index (χ3n) is 2.36. The van der Waals surface area contributed by atoms with E-state index < -0.39 is 0 Å². The second-order valence-corrected chi connectivity index (χ2v) is 4.15. The summed E-state index contributed by atoms with van der Waals surface area (Å²) in [6.07, 6.45) is 1.66. The van der Waals surface area contributed by atoms with Crippen LogP contribution in [0.5, 0.6) is 0 Å². The molecule has 2 heterocycles. The zero-order chi connectivity index (χ0) is 12.6. The summed E-state index contributed by atoms with van der Waals surface area (Å²) in [5.41, 5.74) is 7.59. The van der Waals surface area contributed by atoms with Crippen LogP contribution in [0.4, 0.5) is 0 Å². The summed E-state index contributed by atoms with van der Waals surface area (Å²) in [5.74, 6) is 0.476. The Morgan fingerprint density at radius 3 is 2.65 bits per heavy atom. The third kappa shape index (κ3) is 2.14. The fraction of sp³-hybridized carbons (Fsp3) is 0.182. The average Bonchev–Trinajstić information content (AvgIpc) is 2.58. The van der Waals surface area contributed by atoms with Crippen molar-refractivity contribution in [3.63, 3.8) is 0 Å². The molecule has 5 nitrogen and oxygen atoms in total. The smallest absolute Gasteiger partial charge is 0.164 e. The first-order valence-corrected chi connectivity index (χ1v) is 5.41. The van der Waals surface area contributed by atoms with Crippen molar-refractivity contribution in [2.45, 2.75) is 13.8 Å². The molecule has 0 atom stereocenters. The summed E-state index contributed by atoms with van der Waals surface area (Å²) < 4.78 is 1.54. The van der Waals surface area contributed by atoms with Gasteiger partial charge in [-0.1, -0.05) is 11.6 Å². The molecule has 0 aliphatic carbocycles. The number of rotatable bonds is 2. The molecule has 2 aromatic rings. The van der Waals surface area contributed by atoms with Gasteiger partial charge in [0.05, 0.1) is 22.5 Å². The van der Waals surface area contributed by atoms with Gasteiger partial charge in [0.2, 0.25) is 0 Å². The third-order valence-corrected chi connectivity index (χ3v) is 2.73. The number of aryl methyl sites for hydroxylation is 2. The lowest BCUT2D eigenvalue weighted by Gasteiger charge is -2.07. The number of nitrogens with one attached hydrogen (secondary N) is 1. The van der Waals surface area contributed by atoms with Crippen LogP contribution in [0.1, 0.15) is 17.0 Å². The number of nitrogen functional groups attached to an aromatic ring is 1. The van der Waals surface area contributed by atoms with Crippen LogP contribution in [0.15, 0.2) is 18.3 Å². The van der Waals surface area contributed by atoms with Crippen LogP contribution < -0.4 is 5.73 Å². The molecule has 0 saturated carbocycles. The van der Waals surface area contributed by atoms with Crippen LogP contribution in [0.3, 0.4) is 0 Å². The second-order valence-electron chi connectivity index (χ2n) is 3.74. The standard InChI is InChI=1S/C11H12ClN5/c1-6-3-4-8(10(13)14)11(15-6)17-5-9(12)7(2)16-17/h3-5H,1-2H3,(H3,13,14). The summed E-state index contributed by atoms with van der Waals surface area (Å²) in [6, 6.07) is 3.56. The SMILES string of the molecule is Cc1ccc(C(=N)N)c(-n2cc(Cl)c(C)n2)n1. The second kappa shape index (κ2) is 4.18. The summed E-state index contributed by atoms with van der Waals surface area (Å²) in [7, 11) is 0. The van der Waals surface area contributed by atoms with Crippen LogP contribution in [0.2, 0.25) is 5.02 Å². The number of amidine groups is 1. The lowest BCUT2D eigenvalue weighted by Crippen LogP contribution is -2.16. The van der Waals surface area contributed by atoms with Gasteiger partial charge >= 0.3 is 0 Å². The van der Waals surface area contributed by atoms with Gasteiger partial charge in [0.15, 0.2) is 5.82 Å². The number of aromatic nitrogens is 3. The average molecular weight is 250 g/mol. The molecule has 0 radical (unpaired) electrons. The predicted molar refractivity (Wildman–Crippen MR) is 66.9 cm³/mol. The van der Waals surface area contributed by atoms with Crippen molar-refractivity contribution in [1.82, 2.24) is 14.8 Å². The molecule has 0 fully saturated rings. The Labute approximate surface area is 104 Å². The van der Waals surface area contributed by atoms with Crippen molar-refractivity contribution < 1.29 is 0 Å². The monoisotopic (exact) mass is 249 g/mol. The van der Waals surface area contributed by atoms with Crippen molar-refractivity contribution in [3.05, 3.63) is 40.3 Å². The minimum absolute atomic E-state index is 0.0447. The molecule has 88 valence electrons. The molecule has 17 heavy (non-hydrogen) atoms. The largest absolute Gasteiger partial charge is 0.384 e. The van der Waals surface area contributed by atoms with E-state index in [9.17, 15) is 0 Å². The summed E-state index contributed by atoms with van der Waals surface area (Å²) >= 11 is 5.95. The van der Waals surface area contributed by atoms with Crippen molar-refractivity contribution in [2.75, 3.05) is 0 Å². The number of halogens is 1. The first-order chi connectivity index (χ1) is 7.99. The molecule has 6 heteroatoms. The van der Waals surface area contributed by atoms with Crippen LogP contribution >= 0.6 is 11.6 Å². The molecule has 2 aromatic heterocycles. The van der Waals surface area contributed by atoms with Crippen molar-refractivity contribution in [2.24, 2.45) is 5.73 Å². The molecule has 2 rings (SSSR count). The Balaban J connectivity index is 2.64. The fourth-order valence-corrected chi connectivity index (χ4v) is 1.61. The Morgan fingerprint density at radius 2 is 2.12 bits per heavy atom. The zero-order valence-electron chi connectivity index (χ0n) is 9.53. The Hall–Kier alpha value is -1.88. The maximum absolute atomic E-state index is 7.52. The van der Waals surface area contributed by atoms with Gasteiger partial charge in [0, 0.05) is 5.69 Å². The molecule has 0 amide bonds. The molecular formula is C11H12ClN5. The van der Waals surface area contributed by atoms with Crippen molar-refractivity contribution in [3.8, 4) is 5.82 Å². The van der Waals surface area contributed by atoms with E-state index in [0.29, 0.717) is 22.1 Å². The first-order valence-electron chi connectivity index (χ1n) is 5.03. The molecule has 0 aliphatic heterocycles. The number of nitrogens with zero attached hydrogens (tertiary/aromatic N) is 3. The highest BCUT2D eigenvalue weighted by Gasteiger charge is 2.12. The zero-order valence-corrected chi connectivity index (χ0v) is 10.3. The normalized spacial score (nSPS) is 10.5. The lowest BCUT2D eigenvalue weighted by atomic mass is 10.2. The fourth-order valence-electron chi connectivity index (χ4n) is 1.48. The van der Waals surface area contributed by atoms with E-state index in [4.69, 9.17) is 22.7 Å². The molecular weight excluding hydrogens is 238 g/mol. The van der Waals surface area contributed by atoms with Gasteiger partial charge in [-0.15, -0.1) is 0 Å². The molecule has 0 aliphatic rings. The lowest BCUT2D eigenvalue weighted by molar-refractivity contribution is 0.824. The van der Waals surface area contributed by atoms with Crippen molar-refractivity contribution in [1.29, 1.82) is 5.41 Å².